The first kappa shape index (κ1) is 37.8. The molecule has 1 aromatic heterocycles. The monoisotopic (exact) mass is 859 g/mol. The second-order valence-corrected chi connectivity index (χ2v) is 20.1. The van der Waals surface area contributed by atoms with E-state index in [9.17, 15) is 0 Å². The maximum Gasteiger partial charge on any atom is 0.0554 e. The van der Waals surface area contributed by atoms with Gasteiger partial charge in [0.1, 0.15) is 0 Å². The lowest BCUT2D eigenvalue weighted by atomic mass is 9.73. The molecule has 0 saturated carbocycles. The summed E-state index contributed by atoms with van der Waals surface area (Å²) in [5.74, 6) is 0. The van der Waals surface area contributed by atoms with Crippen molar-refractivity contribution in [2.24, 2.45) is 0 Å². The van der Waals surface area contributed by atoms with Gasteiger partial charge in [-0.15, -0.1) is 11.3 Å². The molecule has 0 bridgehead atoms. The molecule has 0 N–H and O–H groups in total. The third kappa shape index (κ3) is 5.16. The molecule has 0 aliphatic heterocycles. The van der Waals surface area contributed by atoms with Gasteiger partial charge < -0.3 is 4.90 Å². The molecule has 1 unspecified atom stereocenters. The number of fused-ring (bicyclic) bond motifs is 15. The fourth-order valence-electron chi connectivity index (χ4n) is 12.6. The van der Waals surface area contributed by atoms with E-state index in [0.717, 1.165) is 18.5 Å². The van der Waals surface area contributed by atoms with Gasteiger partial charge in [0.25, 0.3) is 0 Å². The van der Waals surface area contributed by atoms with Gasteiger partial charge in [-0.2, -0.15) is 0 Å². The number of rotatable bonds is 5. The van der Waals surface area contributed by atoms with Crippen LogP contribution < -0.4 is 4.90 Å². The van der Waals surface area contributed by atoms with E-state index in [1.165, 1.54) is 120 Å². The van der Waals surface area contributed by atoms with Crippen molar-refractivity contribution in [3.05, 3.63) is 246 Å². The maximum absolute atomic E-state index is 2.54. The largest absolute Gasteiger partial charge is 0.310 e. The first-order chi connectivity index (χ1) is 32.5. The molecule has 0 fully saturated rings. The molecular weight excluding hydrogens is 815 g/mol. The molecule has 0 saturated heterocycles. The highest BCUT2D eigenvalue weighted by molar-refractivity contribution is 7.26. The van der Waals surface area contributed by atoms with Crippen LogP contribution in [0.4, 0.5) is 17.1 Å². The molecule has 66 heavy (non-hydrogen) atoms. The van der Waals surface area contributed by atoms with Crippen molar-refractivity contribution in [2.45, 2.75) is 37.5 Å². The van der Waals surface area contributed by atoms with Gasteiger partial charge >= 0.3 is 0 Å². The molecule has 3 aliphatic rings. The molecule has 0 amide bonds. The van der Waals surface area contributed by atoms with Crippen LogP contribution in [0.1, 0.15) is 53.6 Å². The molecule has 1 heterocycles. The Hall–Kier alpha value is -7.52. The van der Waals surface area contributed by atoms with Gasteiger partial charge in [0.2, 0.25) is 0 Å². The zero-order valence-electron chi connectivity index (χ0n) is 37.0. The van der Waals surface area contributed by atoms with Crippen molar-refractivity contribution in [3.63, 3.8) is 0 Å². The highest BCUT2D eigenvalue weighted by Crippen LogP contribution is 2.60. The number of hydrogen-bond acceptors (Lipinski definition) is 2. The lowest BCUT2D eigenvalue weighted by Gasteiger charge is -2.31. The number of hydrogen-bond donors (Lipinski definition) is 0. The minimum Gasteiger partial charge on any atom is -0.310 e. The Labute approximate surface area is 389 Å². The third-order valence-electron chi connectivity index (χ3n) is 15.5. The summed E-state index contributed by atoms with van der Waals surface area (Å²) in [5.41, 5.74) is 22.2. The van der Waals surface area contributed by atoms with Gasteiger partial charge in [-0.1, -0.05) is 190 Å². The van der Waals surface area contributed by atoms with Gasteiger partial charge in [-0.25, -0.2) is 0 Å². The van der Waals surface area contributed by atoms with Gasteiger partial charge in [0.15, 0.2) is 0 Å². The molecule has 312 valence electrons. The first-order valence-corrected chi connectivity index (χ1v) is 24.2. The second-order valence-electron chi connectivity index (χ2n) is 19.1. The Morgan fingerprint density at radius 1 is 0.439 bits per heavy atom. The van der Waals surface area contributed by atoms with Crippen molar-refractivity contribution in [1.82, 2.24) is 0 Å². The van der Waals surface area contributed by atoms with Gasteiger partial charge in [0.05, 0.1) is 5.69 Å². The van der Waals surface area contributed by atoms with E-state index in [4.69, 9.17) is 0 Å². The lowest BCUT2D eigenvalue weighted by molar-refractivity contribution is 0.626. The normalized spacial score (nSPS) is 16.1. The Morgan fingerprint density at radius 3 is 1.89 bits per heavy atom. The van der Waals surface area contributed by atoms with Crippen LogP contribution in [0.5, 0.6) is 0 Å². The van der Waals surface area contributed by atoms with E-state index in [-0.39, 0.29) is 10.8 Å². The lowest BCUT2D eigenvalue weighted by Crippen LogP contribution is -2.24. The number of anilines is 3. The van der Waals surface area contributed by atoms with Crippen LogP contribution in [-0.2, 0) is 17.3 Å². The summed E-state index contributed by atoms with van der Waals surface area (Å²) in [6, 6.07) is 80.3. The molecule has 0 radical (unpaired) electrons. The summed E-state index contributed by atoms with van der Waals surface area (Å²) < 4.78 is 2.64. The van der Waals surface area contributed by atoms with Crippen LogP contribution in [-0.4, -0.2) is 0 Å². The number of benzene rings is 10. The van der Waals surface area contributed by atoms with Crippen molar-refractivity contribution < 1.29 is 0 Å². The molecule has 2 heteroatoms. The zero-order valence-corrected chi connectivity index (χ0v) is 37.8. The van der Waals surface area contributed by atoms with Crippen LogP contribution in [0.15, 0.2) is 212 Å². The number of aryl methyl sites for hydroxylation is 1. The topological polar surface area (TPSA) is 3.24 Å². The number of thiophene rings is 1. The molecule has 1 atom stereocenters. The molecule has 1 spiro atoms. The van der Waals surface area contributed by atoms with E-state index in [0.29, 0.717) is 0 Å². The van der Waals surface area contributed by atoms with Crippen molar-refractivity contribution >= 4 is 59.3 Å². The average Bonchev–Trinajstić information content (AvgIpc) is 4.10. The summed E-state index contributed by atoms with van der Waals surface area (Å²) in [6.07, 6.45) is 2.14. The number of nitrogens with zero attached hydrogens (tertiary/aromatic N) is 1. The molecule has 3 aliphatic carbocycles. The standard InChI is InChI=1S/C64H45NS/c1-63(2)55-25-11-8-21-49(55)52-23-13-22-51(61(52)63)47-19-7-6-17-45(47)41-29-32-43(33-30-41)65(58-27-14-28-59-60(58)53-35-31-40-15-3-5-18-46(40)62(53)66-59)44-34-36-50-48-20-9-12-26-56(48)64(57(50)39-44)38-37-42-16-4-10-24-54(42)64/h3-36,39H,37-38H2,1-2H3. The van der Waals surface area contributed by atoms with E-state index >= 15 is 0 Å². The van der Waals surface area contributed by atoms with E-state index < -0.39 is 0 Å². The minimum absolute atomic E-state index is 0.116. The third-order valence-corrected chi connectivity index (χ3v) is 16.7. The average molecular weight is 860 g/mol. The smallest absolute Gasteiger partial charge is 0.0554 e. The summed E-state index contributed by atoms with van der Waals surface area (Å²) in [5, 5.41) is 5.18. The van der Waals surface area contributed by atoms with Crippen molar-refractivity contribution in [2.75, 3.05) is 4.90 Å². The highest BCUT2D eigenvalue weighted by Gasteiger charge is 2.48. The van der Waals surface area contributed by atoms with Gasteiger partial charge in [-0.05, 0) is 138 Å². The fraction of sp³-hybridized carbons (Fsp3) is 0.0938. The molecule has 10 aromatic carbocycles. The van der Waals surface area contributed by atoms with Crippen LogP contribution in [0, 0.1) is 0 Å². The quantitative estimate of drug-likeness (QED) is 0.167. The van der Waals surface area contributed by atoms with E-state index in [1.54, 1.807) is 0 Å². The van der Waals surface area contributed by atoms with E-state index in [1.807, 2.05) is 11.3 Å². The van der Waals surface area contributed by atoms with Gasteiger partial charge in [0, 0.05) is 42.4 Å². The summed E-state index contributed by atoms with van der Waals surface area (Å²) in [6.45, 7) is 4.77. The van der Waals surface area contributed by atoms with Crippen molar-refractivity contribution in [3.8, 4) is 44.5 Å². The summed E-state index contributed by atoms with van der Waals surface area (Å²) in [4.78, 5) is 2.54. The van der Waals surface area contributed by atoms with Crippen LogP contribution in [0.2, 0.25) is 0 Å². The first-order valence-electron chi connectivity index (χ1n) is 23.4. The minimum atomic E-state index is -0.189. The van der Waals surface area contributed by atoms with Crippen LogP contribution in [0.3, 0.4) is 0 Å². The Morgan fingerprint density at radius 2 is 1.06 bits per heavy atom. The predicted molar refractivity (Wildman–Crippen MR) is 280 cm³/mol. The fourth-order valence-corrected chi connectivity index (χ4v) is 13.9. The zero-order chi connectivity index (χ0) is 43.7. The Kier molecular flexibility index (Phi) is 8.02. The summed E-state index contributed by atoms with van der Waals surface area (Å²) >= 11 is 1.91. The SMILES string of the molecule is CC1(C)c2ccccc2-c2cccc(-c3ccccc3-c3ccc(N(c4ccc5c(c4)C4(CCc6ccccc64)c4ccccc4-5)c4cccc5sc6c7ccccc7ccc6c45)cc3)c21. The summed E-state index contributed by atoms with van der Waals surface area (Å²) in [7, 11) is 0. The Balaban J connectivity index is 0.965. The maximum atomic E-state index is 2.54. The van der Waals surface area contributed by atoms with Crippen LogP contribution in [0.25, 0.3) is 75.5 Å². The van der Waals surface area contributed by atoms with Gasteiger partial charge in [-0.3, -0.25) is 0 Å². The molecule has 1 nitrogen and oxygen atoms in total. The second kappa shape index (κ2) is 14.0. The molecule has 11 aromatic rings. The highest BCUT2D eigenvalue weighted by atomic mass is 32.1. The van der Waals surface area contributed by atoms with E-state index in [2.05, 4.69) is 231 Å². The predicted octanol–water partition coefficient (Wildman–Crippen LogP) is 17.6. The Bertz CT molecular complexity index is 3810. The van der Waals surface area contributed by atoms with Crippen molar-refractivity contribution in [1.29, 1.82) is 0 Å². The van der Waals surface area contributed by atoms with Crippen LogP contribution >= 0.6 is 11.3 Å². The molecule has 14 rings (SSSR count). The molecular formula is C64H45NS.